The van der Waals surface area contributed by atoms with Crippen LogP contribution in [-0.4, -0.2) is 18.4 Å². The molecule has 0 aliphatic heterocycles. The van der Waals surface area contributed by atoms with Crippen LogP contribution in [0.2, 0.25) is 0 Å². The number of nitrogens with zero attached hydrogens (tertiary/aromatic N) is 1. The Morgan fingerprint density at radius 1 is 1.04 bits per heavy atom. The maximum absolute atomic E-state index is 10.5. The van der Waals surface area contributed by atoms with Gasteiger partial charge in [0, 0.05) is 39.1 Å². The molecule has 0 amide bonds. The molecule has 3 nitrogen and oxygen atoms in total. The van der Waals surface area contributed by atoms with E-state index in [9.17, 15) is 5.11 Å². The van der Waals surface area contributed by atoms with E-state index in [-0.39, 0.29) is 57.7 Å². The molecule has 0 aromatic heterocycles. The fourth-order valence-electron chi connectivity index (χ4n) is 2.08. The van der Waals surface area contributed by atoms with Gasteiger partial charge in [0.05, 0.1) is 12.8 Å². The van der Waals surface area contributed by atoms with Crippen LogP contribution in [0.4, 0.5) is 5.69 Å². The molecule has 2 rings (SSSR count). The van der Waals surface area contributed by atoms with Crippen LogP contribution in [0.25, 0.3) is 0 Å². The number of phenolic OH excluding ortho intramolecular Hbond substituents is 1. The number of benzene rings is 2. The summed E-state index contributed by atoms with van der Waals surface area (Å²) in [5, 5.41) is 10.5. The fourth-order valence-corrected chi connectivity index (χ4v) is 2.08. The van der Waals surface area contributed by atoms with Gasteiger partial charge in [0.2, 0.25) is 0 Å². The number of rotatable bonds is 3. The Labute approximate surface area is 171 Å². The molecule has 6 heteroatoms. The Morgan fingerprint density at radius 2 is 1.62 bits per heavy atom. The largest absolute Gasteiger partial charge is 0.507 e. The number of halogens is 2. The quantitative estimate of drug-likeness (QED) is 0.558. The average molecular weight is 404 g/mol. The van der Waals surface area contributed by atoms with E-state index < -0.39 is 0 Å². The Morgan fingerprint density at radius 3 is 2.12 bits per heavy atom. The molecule has 0 atom stereocenters. The molecule has 0 spiro atoms. The van der Waals surface area contributed by atoms with Gasteiger partial charge in [-0.2, -0.15) is 0 Å². The first kappa shape index (κ1) is 25.2. The molecular formula is C18H23Cl2NO2Ti. The number of methoxy groups -OCH3 is 1. The summed E-state index contributed by atoms with van der Waals surface area (Å²) in [5.74, 6) is 0.968. The second-order valence-corrected chi connectivity index (χ2v) is 5.96. The second-order valence-electron chi connectivity index (χ2n) is 5.96. The van der Waals surface area contributed by atoms with E-state index in [1.807, 2.05) is 36.4 Å². The van der Waals surface area contributed by atoms with E-state index in [1.54, 1.807) is 19.4 Å². The minimum absolute atomic E-state index is 0. The van der Waals surface area contributed by atoms with Crippen molar-refractivity contribution in [1.29, 1.82) is 0 Å². The molecule has 0 unspecified atom stereocenters. The predicted octanol–water partition coefficient (Wildman–Crippen LogP) is 5.29. The van der Waals surface area contributed by atoms with Crippen LogP contribution < -0.4 is 4.74 Å². The molecule has 0 fully saturated rings. The van der Waals surface area contributed by atoms with Gasteiger partial charge in [-0.15, -0.1) is 24.8 Å². The van der Waals surface area contributed by atoms with Gasteiger partial charge in [-0.25, -0.2) is 0 Å². The first-order valence-corrected chi connectivity index (χ1v) is 6.92. The van der Waals surface area contributed by atoms with Crippen LogP contribution in [-0.2, 0) is 27.1 Å². The van der Waals surface area contributed by atoms with Gasteiger partial charge < -0.3 is 9.84 Å². The predicted molar refractivity (Wildman–Crippen MR) is 102 cm³/mol. The number of phenols is 1. The van der Waals surface area contributed by atoms with Crippen molar-refractivity contribution < 1.29 is 31.6 Å². The molecule has 0 aliphatic carbocycles. The van der Waals surface area contributed by atoms with Gasteiger partial charge in [-0.3, -0.25) is 4.99 Å². The third kappa shape index (κ3) is 6.48. The number of aromatic hydroxyl groups is 1. The van der Waals surface area contributed by atoms with Crippen LogP contribution in [0.5, 0.6) is 11.5 Å². The normalized spacial score (nSPS) is 10.3. The zero-order valence-electron chi connectivity index (χ0n) is 14.2. The summed E-state index contributed by atoms with van der Waals surface area (Å²) in [5.41, 5.74) is 2.17. The first-order valence-electron chi connectivity index (χ1n) is 6.92. The number of hydrogen-bond donors (Lipinski definition) is 1. The van der Waals surface area contributed by atoms with Crippen molar-refractivity contribution in [2.24, 2.45) is 4.99 Å². The molecule has 0 aliphatic rings. The minimum atomic E-state index is -0.173. The van der Waals surface area contributed by atoms with Crippen molar-refractivity contribution in [3.63, 3.8) is 0 Å². The molecule has 2 aromatic rings. The van der Waals surface area contributed by atoms with Crippen molar-refractivity contribution in [2.75, 3.05) is 7.11 Å². The van der Waals surface area contributed by atoms with Crippen molar-refractivity contribution in [3.05, 3.63) is 53.6 Å². The Bertz CT molecular complexity index is 656. The van der Waals surface area contributed by atoms with E-state index in [2.05, 4.69) is 25.8 Å². The summed E-state index contributed by atoms with van der Waals surface area (Å²) in [4.78, 5) is 4.40. The van der Waals surface area contributed by atoms with Crippen LogP contribution in [0.1, 0.15) is 31.9 Å². The summed E-state index contributed by atoms with van der Waals surface area (Å²) in [6, 6.07) is 13.3. The molecule has 0 saturated heterocycles. The standard InChI is InChI=1S/C18H21NO2.2ClH.Ti/c1-18(2,3)16-11-15(21-4)10-13(17(16)20)12-19-14-8-6-5-7-9-14;;;/h5-12,20H,1-4H3;2*1H;. The van der Waals surface area contributed by atoms with E-state index in [0.29, 0.717) is 11.3 Å². The molecule has 1 N–H and O–H groups in total. The average Bonchev–Trinajstić information content (AvgIpc) is 2.46. The first-order chi connectivity index (χ1) is 9.91. The van der Waals surface area contributed by atoms with Gasteiger partial charge in [0.15, 0.2) is 0 Å². The van der Waals surface area contributed by atoms with E-state index >= 15 is 0 Å². The Balaban J connectivity index is 0. The SMILES string of the molecule is COc1cc(C=Nc2ccccc2)c(O)c(C(C)(C)C)c1.Cl.Cl.[Ti]. The van der Waals surface area contributed by atoms with Crippen LogP contribution >= 0.6 is 24.8 Å². The third-order valence-corrected chi connectivity index (χ3v) is 3.27. The second kappa shape index (κ2) is 10.8. The number of hydrogen-bond acceptors (Lipinski definition) is 3. The van der Waals surface area contributed by atoms with E-state index in [1.165, 1.54) is 0 Å². The van der Waals surface area contributed by atoms with Crippen molar-refractivity contribution in [1.82, 2.24) is 0 Å². The Kier molecular flexibility index (Phi) is 11.3. The molecule has 0 heterocycles. The van der Waals surface area contributed by atoms with E-state index in [4.69, 9.17) is 4.74 Å². The minimum Gasteiger partial charge on any atom is -0.507 e. The number of ether oxygens (including phenoxy) is 1. The maximum atomic E-state index is 10.5. The number of para-hydroxylation sites is 1. The van der Waals surface area contributed by atoms with Crippen LogP contribution in [0, 0.1) is 0 Å². The molecule has 0 bridgehead atoms. The molecule has 0 saturated carbocycles. The zero-order chi connectivity index (χ0) is 15.5. The van der Waals surface area contributed by atoms with Crippen molar-refractivity contribution in [3.8, 4) is 11.5 Å². The van der Waals surface area contributed by atoms with Gasteiger partial charge >= 0.3 is 0 Å². The topological polar surface area (TPSA) is 41.8 Å². The number of aliphatic imine (C=N–C) groups is 1. The maximum Gasteiger partial charge on any atom is 0.128 e. The summed E-state index contributed by atoms with van der Waals surface area (Å²) >= 11 is 0. The summed E-state index contributed by atoms with van der Waals surface area (Å²) in [7, 11) is 1.62. The van der Waals surface area contributed by atoms with Crippen LogP contribution in [0.3, 0.4) is 0 Å². The fraction of sp³-hybridized carbons (Fsp3) is 0.278. The Hall–Kier alpha value is -0.996. The van der Waals surface area contributed by atoms with Gasteiger partial charge in [0.1, 0.15) is 11.5 Å². The summed E-state index contributed by atoms with van der Waals surface area (Å²) in [6.45, 7) is 6.17. The molecule has 24 heavy (non-hydrogen) atoms. The molecule has 0 radical (unpaired) electrons. The summed E-state index contributed by atoms with van der Waals surface area (Å²) < 4.78 is 5.32. The molecule has 130 valence electrons. The zero-order valence-corrected chi connectivity index (χ0v) is 17.4. The van der Waals surface area contributed by atoms with Crippen molar-refractivity contribution in [2.45, 2.75) is 26.2 Å². The van der Waals surface area contributed by atoms with Crippen molar-refractivity contribution >= 4 is 36.7 Å². The monoisotopic (exact) mass is 403 g/mol. The molecular weight excluding hydrogens is 381 g/mol. The smallest absolute Gasteiger partial charge is 0.128 e. The van der Waals surface area contributed by atoms with E-state index in [0.717, 1.165) is 11.3 Å². The van der Waals surface area contributed by atoms with Crippen LogP contribution in [0.15, 0.2) is 47.5 Å². The molecule has 2 aromatic carbocycles. The van der Waals surface area contributed by atoms with Gasteiger partial charge in [-0.05, 0) is 29.7 Å². The summed E-state index contributed by atoms with van der Waals surface area (Å²) in [6.07, 6.45) is 1.67. The van der Waals surface area contributed by atoms with Gasteiger partial charge in [0.25, 0.3) is 0 Å². The third-order valence-electron chi connectivity index (χ3n) is 3.27. The van der Waals surface area contributed by atoms with Gasteiger partial charge in [-0.1, -0.05) is 39.0 Å².